The van der Waals surface area contributed by atoms with Gasteiger partial charge in [-0.25, -0.2) is 4.39 Å². The van der Waals surface area contributed by atoms with E-state index in [1.807, 2.05) is 36.2 Å². The van der Waals surface area contributed by atoms with Gasteiger partial charge in [-0.2, -0.15) is 0 Å². The maximum atomic E-state index is 13.3. The molecule has 0 amide bonds. The third-order valence-corrected chi connectivity index (χ3v) is 3.24. The molecular formula is C15H15ClFN3. The maximum absolute atomic E-state index is 13.3. The summed E-state index contributed by atoms with van der Waals surface area (Å²) in [4.78, 5) is 1.92. The first-order chi connectivity index (χ1) is 9.47. The highest BCUT2D eigenvalue weighted by Crippen LogP contribution is 2.22. The molecule has 0 atom stereocenters. The molecule has 0 saturated heterocycles. The van der Waals surface area contributed by atoms with Crippen molar-refractivity contribution in [2.45, 2.75) is 6.54 Å². The number of nitrogen functional groups attached to an aromatic ring is 1. The second-order valence-electron chi connectivity index (χ2n) is 4.56. The first-order valence-corrected chi connectivity index (χ1v) is 6.44. The molecule has 20 heavy (non-hydrogen) atoms. The van der Waals surface area contributed by atoms with Gasteiger partial charge < -0.3 is 10.6 Å². The fraction of sp³-hybridized carbons (Fsp3) is 0.133. The predicted molar refractivity (Wildman–Crippen MR) is 81.0 cm³/mol. The number of anilines is 1. The summed E-state index contributed by atoms with van der Waals surface area (Å²) in [7, 11) is 1.87. The Morgan fingerprint density at radius 3 is 2.50 bits per heavy atom. The lowest BCUT2D eigenvalue weighted by atomic mass is 10.1. The second-order valence-corrected chi connectivity index (χ2v) is 4.99. The zero-order chi connectivity index (χ0) is 14.7. The van der Waals surface area contributed by atoms with Crippen molar-refractivity contribution in [3.8, 4) is 0 Å². The van der Waals surface area contributed by atoms with E-state index in [0.29, 0.717) is 22.8 Å². The summed E-state index contributed by atoms with van der Waals surface area (Å²) in [6, 6.07) is 11.8. The van der Waals surface area contributed by atoms with E-state index in [1.54, 1.807) is 6.07 Å². The van der Waals surface area contributed by atoms with E-state index in [-0.39, 0.29) is 5.84 Å². The molecule has 0 bridgehead atoms. The van der Waals surface area contributed by atoms with Crippen LogP contribution in [-0.4, -0.2) is 12.9 Å². The van der Waals surface area contributed by atoms with E-state index in [9.17, 15) is 4.39 Å². The molecule has 2 aromatic carbocycles. The number of nitrogens with two attached hydrogens (primary N) is 1. The summed E-state index contributed by atoms with van der Waals surface area (Å²) >= 11 is 5.85. The predicted octanol–water partition coefficient (Wildman–Crippen LogP) is 3.40. The van der Waals surface area contributed by atoms with Crippen molar-refractivity contribution in [1.29, 1.82) is 5.41 Å². The zero-order valence-electron chi connectivity index (χ0n) is 11.0. The minimum absolute atomic E-state index is 0.151. The van der Waals surface area contributed by atoms with Crippen LogP contribution in [0.4, 0.5) is 10.1 Å². The summed E-state index contributed by atoms with van der Waals surface area (Å²) in [5.41, 5.74) is 7.68. The number of amidine groups is 1. The van der Waals surface area contributed by atoms with Crippen molar-refractivity contribution in [2.75, 3.05) is 11.9 Å². The number of nitrogens with one attached hydrogen (secondary N) is 1. The Kier molecular flexibility index (Phi) is 4.25. The molecule has 0 unspecified atom stereocenters. The van der Waals surface area contributed by atoms with Crippen LogP contribution in [0, 0.1) is 11.2 Å². The van der Waals surface area contributed by atoms with Gasteiger partial charge in [-0.05, 0) is 35.9 Å². The van der Waals surface area contributed by atoms with Crippen molar-refractivity contribution >= 4 is 23.1 Å². The monoisotopic (exact) mass is 291 g/mol. The Bertz CT molecular complexity index is 626. The molecule has 5 heteroatoms. The lowest BCUT2D eigenvalue weighted by Gasteiger charge is -2.22. The van der Waals surface area contributed by atoms with Gasteiger partial charge in [0.25, 0.3) is 0 Å². The van der Waals surface area contributed by atoms with Gasteiger partial charge in [0.15, 0.2) is 0 Å². The van der Waals surface area contributed by atoms with Gasteiger partial charge in [0.2, 0.25) is 0 Å². The summed E-state index contributed by atoms with van der Waals surface area (Å²) in [5, 5.41) is 8.22. The number of halogens is 2. The number of hydrogen-bond donors (Lipinski definition) is 2. The van der Waals surface area contributed by atoms with Gasteiger partial charge in [-0.15, -0.1) is 0 Å². The standard InChI is InChI=1S/C15H15ClFN3/c1-20(9-10-2-4-11(16)5-3-10)14-7-6-12(17)8-13(14)15(18)19/h2-8H,9H2,1H3,(H3,18,19). The van der Waals surface area contributed by atoms with Crippen LogP contribution >= 0.6 is 11.6 Å². The van der Waals surface area contributed by atoms with Crippen molar-refractivity contribution in [3.05, 3.63) is 64.4 Å². The minimum atomic E-state index is -0.404. The molecule has 2 rings (SSSR count). The summed E-state index contributed by atoms with van der Waals surface area (Å²) in [6.07, 6.45) is 0. The van der Waals surface area contributed by atoms with Gasteiger partial charge in [0.05, 0.1) is 0 Å². The largest absolute Gasteiger partial charge is 0.384 e. The van der Waals surface area contributed by atoms with Crippen LogP contribution < -0.4 is 10.6 Å². The molecule has 0 aromatic heterocycles. The Labute approximate surface area is 122 Å². The van der Waals surface area contributed by atoms with E-state index in [1.165, 1.54) is 12.1 Å². The topological polar surface area (TPSA) is 53.1 Å². The molecule has 0 spiro atoms. The van der Waals surface area contributed by atoms with Crippen LogP contribution in [0.5, 0.6) is 0 Å². The van der Waals surface area contributed by atoms with Crippen LogP contribution in [0.1, 0.15) is 11.1 Å². The van der Waals surface area contributed by atoms with Crippen molar-refractivity contribution in [2.24, 2.45) is 5.73 Å². The van der Waals surface area contributed by atoms with Gasteiger partial charge in [-0.1, -0.05) is 23.7 Å². The molecule has 3 N–H and O–H groups in total. The summed E-state index contributed by atoms with van der Waals surface area (Å²) in [5.74, 6) is -0.554. The molecule has 0 aliphatic carbocycles. The Morgan fingerprint density at radius 1 is 1.25 bits per heavy atom. The summed E-state index contributed by atoms with van der Waals surface area (Å²) < 4.78 is 13.3. The normalized spacial score (nSPS) is 10.3. The highest BCUT2D eigenvalue weighted by atomic mass is 35.5. The SMILES string of the molecule is CN(Cc1ccc(Cl)cc1)c1ccc(F)cc1C(=N)N. The van der Waals surface area contributed by atoms with Crippen molar-refractivity contribution < 1.29 is 4.39 Å². The molecule has 0 radical (unpaired) electrons. The van der Waals surface area contributed by atoms with E-state index < -0.39 is 5.82 Å². The molecule has 104 valence electrons. The van der Waals surface area contributed by atoms with Gasteiger partial charge in [0, 0.05) is 29.9 Å². The van der Waals surface area contributed by atoms with E-state index in [2.05, 4.69) is 0 Å². The lowest BCUT2D eigenvalue weighted by Crippen LogP contribution is -2.22. The molecule has 0 heterocycles. The van der Waals surface area contributed by atoms with E-state index >= 15 is 0 Å². The zero-order valence-corrected chi connectivity index (χ0v) is 11.8. The van der Waals surface area contributed by atoms with Gasteiger partial charge >= 0.3 is 0 Å². The number of rotatable bonds is 4. The average molecular weight is 292 g/mol. The first-order valence-electron chi connectivity index (χ1n) is 6.07. The Balaban J connectivity index is 2.27. The molecule has 2 aromatic rings. The molecular weight excluding hydrogens is 277 g/mol. The molecule has 0 fully saturated rings. The Morgan fingerprint density at radius 2 is 1.90 bits per heavy atom. The first kappa shape index (κ1) is 14.3. The van der Waals surface area contributed by atoms with Crippen LogP contribution in [0.25, 0.3) is 0 Å². The van der Waals surface area contributed by atoms with Crippen LogP contribution in [0.15, 0.2) is 42.5 Å². The number of nitrogens with zero attached hydrogens (tertiary/aromatic N) is 1. The third-order valence-electron chi connectivity index (χ3n) is 2.99. The smallest absolute Gasteiger partial charge is 0.125 e. The summed E-state index contributed by atoms with van der Waals surface area (Å²) in [6.45, 7) is 0.614. The number of hydrogen-bond acceptors (Lipinski definition) is 2. The molecule has 0 saturated carbocycles. The van der Waals surface area contributed by atoms with E-state index in [4.69, 9.17) is 22.7 Å². The average Bonchev–Trinajstić information content (AvgIpc) is 2.41. The van der Waals surface area contributed by atoms with Crippen LogP contribution in [0.3, 0.4) is 0 Å². The fourth-order valence-corrected chi connectivity index (χ4v) is 2.13. The van der Waals surface area contributed by atoms with Crippen molar-refractivity contribution in [1.82, 2.24) is 0 Å². The minimum Gasteiger partial charge on any atom is -0.384 e. The lowest BCUT2D eigenvalue weighted by molar-refractivity contribution is 0.627. The van der Waals surface area contributed by atoms with Crippen LogP contribution in [0.2, 0.25) is 5.02 Å². The quantitative estimate of drug-likeness (QED) is 0.670. The van der Waals surface area contributed by atoms with Gasteiger partial charge in [0.1, 0.15) is 11.7 Å². The Hall–Kier alpha value is -2.07. The van der Waals surface area contributed by atoms with Gasteiger partial charge in [-0.3, -0.25) is 5.41 Å². The van der Waals surface area contributed by atoms with Crippen molar-refractivity contribution in [3.63, 3.8) is 0 Å². The highest BCUT2D eigenvalue weighted by molar-refractivity contribution is 6.30. The van der Waals surface area contributed by atoms with Crippen LogP contribution in [-0.2, 0) is 6.54 Å². The molecule has 0 aliphatic heterocycles. The maximum Gasteiger partial charge on any atom is 0.125 e. The van der Waals surface area contributed by atoms with E-state index in [0.717, 1.165) is 5.56 Å². The third kappa shape index (κ3) is 3.27. The molecule has 3 nitrogen and oxygen atoms in total. The molecule has 0 aliphatic rings. The highest BCUT2D eigenvalue weighted by Gasteiger charge is 2.11. The fourth-order valence-electron chi connectivity index (χ4n) is 2.01. The number of benzene rings is 2. The second kappa shape index (κ2) is 5.92.